The molecule has 3 nitrogen and oxygen atoms in total. The molecule has 5 rings (SSSR count). The molecule has 4 aliphatic rings. The summed E-state index contributed by atoms with van der Waals surface area (Å²) < 4.78 is 0. The summed E-state index contributed by atoms with van der Waals surface area (Å²) in [4.78, 5) is 15.4. The molecule has 4 aliphatic carbocycles. The lowest BCUT2D eigenvalue weighted by Crippen LogP contribution is -2.49. The van der Waals surface area contributed by atoms with Crippen LogP contribution in [0.5, 0.6) is 0 Å². The van der Waals surface area contributed by atoms with Crippen molar-refractivity contribution < 1.29 is 0 Å². The third kappa shape index (κ3) is 1.86. The maximum Gasteiger partial charge on any atom is 0.252 e. The van der Waals surface area contributed by atoms with Gasteiger partial charge in [-0.25, -0.2) is 0 Å². The monoisotopic (exact) mass is 272 g/mol. The lowest BCUT2D eigenvalue weighted by molar-refractivity contribution is -0.00730. The molecule has 3 heteroatoms. The number of aromatic amines is 1. The third-order valence-electron chi connectivity index (χ3n) is 5.97. The summed E-state index contributed by atoms with van der Waals surface area (Å²) in [6, 6.07) is 4.23. The van der Waals surface area contributed by atoms with E-state index in [1.54, 1.807) is 0 Å². The van der Waals surface area contributed by atoms with Gasteiger partial charge in [-0.2, -0.15) is 0 Å². The predicted octanol–water partition coefficient (Wildman–Crippen LogP) is 2.56. The zero-order valence-corrected chi connectivity index (χ0v) is 12.2. The third-order valence-corrected chi connectivity index (χ3v) is 5.97. The first-order valence-electron chi connectivity index (χ1n) is 8.06. The second-order valence-electron chi connectivity index (χ2n) is 7.45. The van der Waals surface area contributed by atoms with Crippen LogP contribution in [0.2, 0.25) is 0 Å². The van der Waals surface area contributed by atoms with E-state index in [1.165, 1.54) is 44.2 Å². The summed E-state index contributed by atoms with van der Waals surface area (Å²) in [6.07, 6.45) is 8.25. The summed E-state index contributed by atoms with van der Waals surface area (Å²) in [5, 5.41) is 3.06. The molecule has 0 amide bonds. The maximum absolute atomic E-state index is 12.2. The molecule has 20 heavy (non-hydrogen) atoms. The van der Waals surface area contributed by atoms with Crippen LogP contribution < -0.4 is 10.9 Å². The topological polar surface area (TPSA) is 44.9 Å². The van der Waals surface area contributed by atoms with Crippen molar-refractivity contribution >= 4 is 0 Å². The smallest absolute Gasteiger partial charge is 0.252 e. The predicted molar refractivity (Wildman–Crippen MR) is 79.7 cm³/mol. The molecule has 1 heterocycles. The van der Waals surface area contributed by atoms with Crippen molar-refractivity contribution in [1.82, 2.24) is 10.3 Å². The molecule has 0 spiro atoms. The van der Waals surface area contributed by atoms with Gasteiger partial charge in [0.05, 0.1) is 0 Å². The minimum atomic E-state index is 0.104. The van der Waals surface area contributed by atoms with Crippen molar-refractivity contribution in [2.24, 2.45) is 17.8 Å². The van der Waals surface area contributed by atoms with Crippen molar-refractivity contribution in [3.8, 4) is 0 Å². The van der Waals surface area contributed by atoms with Gasteiger partial charge in [-0.1, -0.05) is 6.07 Å². The van der Waals surface area contributed by atoms with E-state index in [1.807, 2.05) is 13.1 Å². The van der Waals surface area contributed by atoms with Crippen LogP contribution in [-0.4, -0.2) is 12.0 Å². The van der Waals surface area contributed by atoms with Crippen molar-refractivity contribution in [3.05, 3.63) is 33.7 Å². The number of nitrogens with one attached hydrogen (secondary N) is 2. The number of rotatable bonds is 3. The molecule has 108 valence electrons. The maximum atomic E-state index is 12.2. The van der Waals surface area contributed by atoms with Gasteiger partial charge in [0.2, 0.25) is 0 Å². The van der Waals surface area contributed by atoms with Gasteiger partial charge in [0.15, 0.2) is 0 Å². The first-order chi connectivity index (χ1) is 9.68. The fourth-order valence-corrected chi connectivity index (χ4v) is 5.58. The van der Waals surface area contributed by atoms with E-state index in [4.69, 9.17) is 0 Å². The van der Waals surface area contributed by atoms with Gasteiger partial charge in [-0.15, -0.1) is 0 Å². The van der Waals surface area contributed by atoms with Crippen molar-refractivity contribution in [2.75, 3.05) is 7.05 Å². The highest BCUT2D eigenvalue weighted by atomic mass is 16.1. The Morgan fingerprint density at radius 2 is 1.75 bits per heavy atom. The van der Waals surface area contributed by atoms with Crippen LogP contribution in [0, 0.1) is 17.8 Å². The number of hydrogen-bond donors (Lipinski definition) is 2. The highest BCUT2D eigenvalue weighted by Crippen LogP contribution is 2.60. The second kappa shape index (κ2) is 4.45. The standard InChI is InChI=1S/C17H24N2O/c1-18-10-14-2-3-15(19-16(14)20)17-7-11-4-12(8-17)6-13(5-11)9-17/h2-3,11-13,18H,4-10H2,1H3,(H,19,20). The summed E-state index contributed by atoms with van der Waals surface area (Å²) in [5.41, 5.74) is 2.47. The van der Waals surface area contributed by atoms with Crippen molar-refractivity contribution in [2.45, 2.75) is 50.5 Å². The minimum absolute atomic E-state index is 0.104. The zero-order valence-electron chi connectivity index (χ0n) is 12.2. The molecular formula is C17H24N2O. The van der Waals surface area contributed by atoms with Gasteiger partial charge in [0.25, 0.3) is 5.56 Å². The fraction of sp³-hybridized carbons (Fsp3) is 0.706. The van der Waals surface area contributed by atoms with Gasteiger partial charge >= 0.3 is 0 Å². The second-order valence-corrected chi connectivity index (χ2v) is 7.45. The number of aromatic nitrogens is 1. The van der Waals surface area contributed by atoms with Gasteiger partial charge in [-0.3, -0.25) is 4.79 Å². The van der Waals surface area contributed by atoms with Crippen molar-refractivity contribution in [3.63, 3.8) is 0 Å². The van der Waals surface area contributed by atoms with E-state index in [0.717, 1.165) is 23.3 Å². The fourth-order valence-electron chi connectivity index (χ4n) is 5.58. The molecule has 0 saturated heterocycles. The molecule has 0 aliphatic heterocycles. The van der Waals surface area contributed by atoms with E-state index < -0.39 is 0 Å². The van der Waals surface area contributed by atoms with Gasteiger partial charge < -0.3 is 10.3 Å². The molecule has 4 fully saturated rings. The van der Waals surface area contributed by atoms with E-state index in [0.29, 0.717) is 12.0 Å². The molecule has 4 saturated carbocycles. The quantitative estimate of drug-likeness (QED) is 0.888. The van der Waals surface area contributed by atoms with Crippen LogP contribution in [0.3, 0.4) is 0 Å². The SMILES string of the molecule is CNCc1ccc(C23CC4CC(CC(C4)C2)C3)[nH]c1=O. The number of H-pyrrole nitrogens is 1. The van der Waals surface area contributed by atoms with E-state index in [-0.39, 0.29) is 5.56 Å². The molecule has 0 aromatic carbocycles. The van der Waals surface area contributed by atoms with Crippen LogP contribution in [0.15, 0.2) is 16.9 Å². The first-order valence-corrected chi connectivity index (χ1v) is 8.06. The average Bonchev–Trinajstić information content (AvgIpc) is 2.39. The van der Waals surface area contributed by atoms with Gasteiger partial charge in [-0.05, 0) is 69.4 Å². The van der Waals surface area contributed by atoms with Crippen LogP contribution in [0.4, 0.5) is 0 Å². The molecule has 2 N–H and O–H groups in total. The van der Waals surface area contributed by atoms with Gasteiger partial charge in [0, 0.05) is 23.2 Å². The Bertz CT molecular complexity index is 539. The Morgan fingerprint density at radius 3 is 2.25 bits per heavy atom. The summed E-state index contributed by atoms with van der Waals surface area (Å²) in [5.74, 6) is 2.75. The van der Waals surface area contributed by atoms with E-state index in [9.17, 15) is 4.79 Å². The highest BCUT2D eigenvalue weighted by Gasteiger charge is 2.52. The minimum Gasteiger partial charge on any atom is -0.325 e. The highest BCUT2D eigenvalue weighted by molar-refractivity contribution is 5.25. The molecule has 0 unspecified atom stereocenters. The number of hydrogen-bond acceptors (Lipinski definition) is 2. The van der Waals surface area contributed by atoms with E-state index in [2.05, 4.69) is 16.4 Å². The summed E-state index contributed by atoms with van der Waals surface area (Å²) >= 11 is 0. The zero-order chi connectivity index (χ0) is 13.7. The lowest BCUT2D eigenvalue weighted by atomic mass is 9.49. The molecule has 1 aromatic rings. The first kappa shape index (κ1) is 12.6. The Kier molecular flexibility index (Phi) is 2.81. The Hall–Kier alpha value is -1.09. The normalized spacial score (nSPS) is 38.4. The number of pyridine rings is 1. The van der Waals surface area contributed by atoms with Crippen LogP contribution in [-0.2, 0) is 12.0 Å². The molecule has 1 aromatic heterocycles. The Morgan fingerprint density at radius 1 is 1.15 bits per heavy atom. The molecular weight excluding hydrogens is 248 g/mol. The summed E-state index contributed by atoms with van der Waals surface area (Å²) in [7, 11) is 1.88. The van der Waals surface area contributed by atoms with Gasteiger partial charge in [0.1, 0.15) is 0 Å². The Balaban J connectivity index is 1.70. The van der Waals surface area contributed by atoms with Crippen LogP contribution in [0.1, 0.15) is 49.8 Å². The molecule has 0 radical (unpaired) electrons. The molecule has 0 atom stereocenters. The average molecular weight is 272 g/mol. The summed E-state index contributed by atoms with van der Waals surface area (Å²) in [6.45, 7) is 0.649. The largest absolute Gasteiger partial charge is 0.325 e. The van der Waals surface area contributed by atoms with Crippen LogP contribution >= 0.6 is 0 Å². The Labute approximate surface area is 120 Å². The molecule has 4 bridgehead atoms. The van der Waals surface area contributed by atoms with Crippen LogP contribution in [0.25, 0.3) is 0 Å². The lowest BCUT2D eigenvalue weighted by Gasteiger charge is -2.56. The van der Waals surface area contributed by atoms with Crippen molar-refractivity contribution in [1.29, 1.82) is 0 Å². The van der Waals surface area contributed by atoms with E-state index >= 15 is 0 Å².